The molecule has 0 saturated heterocycles. The molecule has 2 aromatic rings. The van der Waals surface area contributed by atoms with Crippen molar-refractivity contribution in [3.63, 3.8) is 0 Å². The number of ether oxygens (including phenoxy) is 1. The van der Waals surface area contributed by atoms with Crippen LogP contribution in [0.5, 0.6) is 0 Å². The maximum Gasteiger partial charge on any atom is 0.192 e. The van der Waals surface area contributed by atoms with Gasteiger partial charge in [0, 0.05) is 30.7 Å². The van der Waals surface area contributed by atoms with Crippen molar-refractivity contribution in [2.45, 2.75) is 20.0 Å². The van der Waals surface area contributed by atoms with E-state index in [0.29, 0.717) is 42.2 Å². The summed E-state index contributed by atoms with van der Waals surface area (Å²) in [6, 6.07) is 5.38. The van der Waals surface area contributed by atoms with Crippen molar-refractivity contribution in [2.75, 3.05) is 20.3 Å². The van der Waals surface area contributed by atoms with Crippen LogP contribution in [0.3, 0.4) is 0 Å². The first-order valence-electron chi connectivity index (χ1n) is 7.81. The van der Waals surface area contributed by atoms with E-state index in [-0.39, 0.29) is 0 Å². The second-order valence-corrected chi connectivity index (χ2v) is 6.24. The zero-order chi connectivity index (χ0) is 18.2. The Morgan fingerprint density at radius 1 is 1.28 bits per heavy atom. The van der Waals surface area contributed by atoms with Gasteiger partial charge in [-0.05, 0) is 24.6 Å². The standard InChI is InChI=1S/C16H22Cl2N6O/c1-11-22-23-15(24(11)2)10-21-16(19-6-7-25-3)20-9-12-4-5-13(17)8-14(12)18/h4-5,8H,6-7,9-10H2,1-3H3,(H2,19,20,21). The number of rotatable bonds is 7. The molecule has 0 spiro atoms. The van der Waals surface area contributed by atoms with Crippen molar-refractivity contribution < 1.29 is 4.74 Å². The van der Waals surface area contributed by atoms with Gasteiger partial charge in [-0.15, -0.1) is 10.2 Å². The average molecular weight is 385 g/mol. The van der Waals surface area contributed by atoms with Gasteiger partial charge in [0.2, 0.25) is 0 Å². The van der Waals surface area contributed by atoms with E-state index < -0.39 is 0 Å². The average Bonchev–Trinajstić information content (AvgIpc) is 2.90. The van der Waals surface area contributed by atoms with Crippen LogP contribution in [0.4, 0.5) is 0 Å². The third-order valence-electron chi connectivity index (χ3n) is 3.62. The van der Waals surface area contributed by atoms with Crippen LogP contribution >= 0.6 is 23.2 Å². The number of aromatic nitrogens is 3. The highest BCUT2D eigenvalue weighted by Gasteiger charge is 2.07. The molecule has 136 valence electrons. The molecular formula is C16H22Cl2N6O. The van der Waals surface area contributed by atoms with Crippen LogP contribution in [0.1, 0.15) is 17.2 Å². The van der Waals surface area contributed by atoms with Crippen LogP contribution in [0, 0.1) is 6.92 Å². The number of guanidine groups is 1. The van der Waals surface area contributed by atoms with E-state index in [0.717, 1.165) is 17.2 Å². The van der Waals surface area contributed by atoms with E-state index in [1.807, 2.05) is 24.6 Å². The number of aliphatic imine (C=N–C) groups is 1. The van der Waals surface area contributed by atoms with E-state index in [1.165, 1.54) is 0 Å². The van der Waals surface area contributed by atoms with E-state index >= 15 is 0 Å². The number of hydrogen-bond acceptors (Lipinski definition) is 4. The van der Waals surface area contributed by atoms with Crippen LogP contribution < -0.4 is 10.6 Å². The fourth-order valence-electron chi connectivity index (χ4n) is 2.03. The highest BCUT2D eigenvalue weighted by atomic mass is 35.5. The van der Waals surface area contributed by atoms with Crippen LogP contribution in [0.15, 0.2) is 23.2 Å². The van der Waals surface area contributed by atoms with Crippen molar-refractivity contribution in [3.8, 4) is 0 Å². The molecule has 0 bridgehead atoms. The van der Waals surface area contributed by atoms with Crippen LogP contribution in [-0.2, 0) is 24.9 Å². The predicted octanol–water partition coefficient (Wildman–Crippen LogP) is 2.31. The van der Waals surface area contributed by atoms with Crippen LogP contribution in [-0.4, -0.2) is 41.0 Å². The second-order valence-electron chi connectivity index (χ2n) is 5.40. The fourth-order valence-corrected chi connectivity index (χ4v) is 2.50. The van der Waals surface area contributed by atoms with Gasteiger partial charge < -0.3 is 19.9 Å². The van der Waals surface area contributed by atoms with E-state index in [1.54, 1.807) is 19.2 Å². The summed E-state index contributed by atoms with van der Waals surface area (Å²) in [6.45, 7) is 4.05. The van der Waals surface area contributed by atoms with E-state index in [2.05, 4.69) is 25.8 Å². The van der Waals surface area contributed by atoms with Crippen molar-refractivity contribution in [1.82, 2.24) is 25.4 Å². The van der Waals surface area contributed by atoms with Crippen LogP contribution in [0.25, 0.3) is 0 Å². The molecule has 0 aliphatic rings. The first-order chi connectivity index (χ1) is 12.0. The molecule has 0 saturated carbocycles. The number of halogens is 2. The van der Waals surface area contributed by atoms with Gasteiger partial charge in [-0.25, -0.2) is 4.99 Å². The molecule has 0 fully saturated rings. The Bertz CT molecular complexity index is 731. The first-order valence-corrected chi connectivity index (χ1v) is 8.56. The highest BCUT2D eigenvalue weighted by molar-refractivity contribution is 6.35. The fraction of sp³-hybridized carbons (Fsp3) is 0.438. The van der Waals surface area contributed by atoms with Gasteiger partial charge in [0.05, 0.1) is 19.7 Å². The minimum atomic E-state index is 0.427. The number of aryl methyl sites for hydroxylation is 1. The molecule has 0 unspecified atom stereocenters. The van der Waals surface area contributed by atoms with Gasteiger partial charge in [0.1, 0.15) is 5.82 Å². The minimum absolute atomic E-state index is 0.427. The summed E-state index contributed by atoms with van der Waals surface area (Å²) in [5.74, 6) is 2.32. The molecule has 1 aromatic heterocycles. The molecule has 1 heterocycles. The van der Waals surface area contributed by atoms with Gasteiger partial charge in [-0.3, -0.25) is 0 Å². The Morgan fingerprint density at radius 2 is 2.08 bits per heavy atom. The Labute approximate surface area is 157 Å². The molecule has 7 nitrogen and oxygen atoms in total. The minimum Gasteiger partial charge on any atom is -0.383 e. The second kappa shape index (κ2) is 9.60. The number of hydrogen-bond donors (Lipinski definition) is 2. The molecule has 0 aliphatic carbocycles. The summed E-state index contributed by atoms with van der Waals surface area (Å²) in [7, 11) is 3.58. The molecule has 25 heavy (non-hydrogen) atoms. The first kappa shape index (κ1) is 19.5. The van der Waals surface area contributed by atoms with E-state index in [4.69, 9.17) is 27.9 Å². The lowest BCUT2D eigenvalue weighted by molar-refractivity contribution is 0.203. The van der Waals surface area contributed by atoms with E-state index in [9.17, 15) is 0 Å². The largest absolute Gasteiger partial charge is 0.383 e. The highest BCUT2D eigenvalue weighted by Crippen LogP contribution is 2.21. The Hall–Kier alpha value is -1.83. The molecular weight excluding hydrogens is 363 g/mol. The maximum atomic E-state index is 6.20. The van der Waals surface area contributed by atoms with Crippen molar-refractivity contribution in [2.24, 2.45) is 12.0 Å². The van der Waals surface area contributed by atoms with Gasteiger partial charge in [0.15, 0.2) is 11.8 Å². The SMILES string of the molecule is COCCNC(=NCc1ccc(Cl)cc1Cl)NCc1nnc(C)n1C. The number of nitrogens with one attached hydrogen (secondary N) is 2. The van der Waals surface area contributed by atoms with Gasteiger partial charge in [-0.2, -0.15) is 0 Å². The Balaban J connectivity index is 2.04. The van der Waals surface area contributed by atoms with Gasteiger partial charge >= 0.3 is 0 Å². The molecule has 2 N–H and O–H groups in total. The smallest absolute Gasteiger partial charge is 0.192 e. The topological polar surface area (TPSA) is 76.4 Å². The summed E-state index contributed by atoms with van der Waals surface area (Å²) >= 11 is 12.1. The maximum absolute atomic E-state index is 6.20. The molecule has 1 aromatic carbocycles. The summed E-state index contributed by atoms with van der Waals surface area (Å²) in [6.07, 6.45) is 0. The van der Waals surface area contributed by atoms with Gasteiger partial charge in [0.25, 0.3) is 0 Å². The third kappa shape index (κ3) is 5.88. The molecule has 0 radical (unpaired) electrons. The summed E-state index contributed by atoms with van der Waals surface area (Å²) in [4.78, 5) is 4.56. The van der Waals surface area contributed by atoms with Gasteiger partial charge in [-0.1, -0.05) is 29.3 Å². The molecule has 0 amide bonds. The molecule has 0 aliphatic heterocycles. The molecule has 9 heteroatoms. The lowest BCUT2D eigenvalue weighted by Gasteiger charge is -2.12. The lowest BCUT2D eigenvalue weighted by Crippen LogP contribution is -2.39. The quantitative estimate of drug-likeness (QED) is 0.435. The van der Waals surface area contributed by atoms with Crippen LogP contribution in [0.2, 0.25) is 10.0 Å². The van der Waals surface area contributed by atoms with Crippen molar-refractivity contribution >= 4 is 29.2 Å². The summed E-state index contributed by atoms with van der Waals surface area (Å²) in [5, 5.41) is 15.8. The Morgan fingerprint density at radius 3 is 2.72 bits per heavy atom. The lowest BCUT2D eigenvalue weighted by atomic mass is 10.2. The van der Waals surface area contributed by atoms with Crippen molar-refractivity contribution in [3.05, 3.63) is 45.5 Å². The summed E-state index contributed by atoms with van der Waals surface area (Å²) in [5.41, 5.74) is 0.897. The monoisotopic (exact) mass is 384 g/mol. The molecule has 0 atom stereocenters. The zero-order valence-electron chi connectivity index (χ0n) is 14.5. The zero-order valence-corrected chi connectivity index (χ0v) is 16.0. The summed E-state index contributed by atoms with van der Waals surface area (Å²) < 4.78 is 6.99. The molecule has 2 rings (SSSR count). The number of methoxy groups -OCH3 is 1. The van der Waals surface area contributed by atoms with Crippen molar-refractivity contribution in [1.29, 1.82) is 0 Å². The predicted molar refractivity (Wildman–Crippen MR) is 100 cm³/mol. The Kier molecular flexibility index (Phi) is 7.49. The number of benzene rings is 1. The normalized spacial score (nSPS) is 11.6. The number of nitrogens with zero attached hydrogens (tertiary/aromatic N) is 4. The third-order valence-corrected chi connectivity index (χ3v) is 4.20.